The maximum absolute atomic E-state index is 12.7. The highest BCUT2D eigenvalue weighted by molar-refractivity contribution is 6.28. The average molecular weight is 240 g/mol. The summed E-state index contributed by atoms with van der Waals surface area (Å²) in [5.74, 6) is 0.564. The van der Waals surface area contributed by atoms with Gasteiger partial charge in [0.05, 0.1) is 0 Å². The van der Waals surface area contributed by atoms with Crippen molar-refractivity contribution >= 4 is 11.6 Å². The van der Waals surface area contributed by atoms with Gasteiger partial charge in [0.1, 0.15) is 11.6 Å². The molecule has 1 aromatic carbocycles. The van der Waals surface area contributed by atoms with Crippen LogP contribution in [0.3, 0.4) is 0 Å². The summed E-state index contributed by atoms with van der Waals surface area (Å²) in [6.45, 7) is 2.55. The Hall–Kier alpha value is -1.42. The first-order chi connectivity index (χ1) is 7.66. The lowest BCUT2D eigenvalue weighted by atomic mass is 10.1. The molecule has 0 atom stereocenters. The maximum Gasteiger partial charge on any atom is 0.225 e. The van der Waals surface area contributed by atoms with Crippen LogP contribution in [-0.2, 0) is 13.0 Å². The Balaban J connectivity index is 2.05. The van der Waals surface area contributed by atoms with Gasteiger partial charge in [-0.3, -0.25) is 0 Å². The topological polar surface area (TPSA) is 30.7 Å². The van der Waals surface area contributed by atoms with Gasteiger partial charge in [-0.15, -0.1) is 10.2 Å². The van der Waals surface area contributed by atoms with Crippen LogP contribution in [-0.4, -0.2) is 14.8 Å². The molecule has 0 N–H and O–H groups in total. The quantitative estimate of drug-likeness (QED) is 0.824. The number of halogens is 2. The van der Waals surface area contributed by atoms with Gasteiger partial charge in [0.2, 0.25) is 5.28 Å². The zero-order valence-corrected chi connectivity index (χ0v) is 9.58. The van der Waals surface area contributed by atoms with Gasteiger partial charge < -0.3 is 4.57 Å². The lowest BCUT2D eigenvalue weighted by Gasteiger charge is -2.05. The minimum absolute atomic E-state index is 0.220. The van der Waals surface area contributed by atoms with E-state index in [1.165, 1.54) is 12.1 Å². The molecule has 16 heavy (non-hydrogen) atoms. The summed E-state index contributed by atoms with van der Waals surface area (Å²) in [6, 6.07) is 6.44. The monoisotopic (exact) mass is 239 g/mol. The molecule has 2 aromatic rings. The molecule has 0 radical (unpaired) electrons. The molecule has 0 unspecified atom stereocenters. The molecule has 1 heterocycles. The van der Waals surface area contributed by atoms with Crippen LogP contribution in [0.25, 0.3) is 0 Å². The molecule has 0 aliphatic carbocycles. The van der Waals surface area contributed by atoms with Crippen LogP contribution in [0.2, 0.25) is 5.28 Å². The molecular formula is C11H11ClFN3. The summed E-state index contributed by atoms with van der Waals surface area (Å²) in [7, 11) is 0. The highest BCUT2D eigenvalue weighted by atomic mass is 35.5. The predicted molar refractivity (Wildman–Crippen MR) is 59.9 cm³/mol. The van der Waals surface area contributed by atoms with E-state index in [0.717, 1.165) is 17.8 Å². The highest BCUT2D eigenvalue weighted by Crippen LogP contribution is 2.10. The largest absolute Gasteiger partial charge is 0.302 e. The van der Waals surface area contributed by atoms with Crippen LogP contribution in [0.15, 0.2) is 24.3 Å². The molecule has 2 rings (SSSR count). The predicted octanol–water partition coefficient (Wildman–Crippen LogP) is 2.62. The molecule has 0 saturated heterocycles. The van der Waals surface area contributed by atoms with Crippen molar-refractivity contribution in [3.8, 4) is 0 Å². The van der Waals surface area contributed by atoms with Crippen LogP contribution in [0.5, 0.6) is 0 Å². The van der Waals surface area contributed by atoms with Crippen molar-refractivity contribution in [2.24, 2.45) is 0 Å². The van der Waals surface area contributed by atoms with Crippen molar-refractivity contribution in [2.75, 3.05) is 0 Å². The summed E-state index contributed by atoms with van der Waals surface area (Å²) in [4.78, 5) is 0. The molecule has 0 spiro atoms. The van der Waals surface area contributed by atoms with E-state index < -0.39 is 0 Å². The lowest BCUT2D eigenvalue weighted by molar-refractivity contribution is 0.624. The van der Waals surface area contributed by atoms with Crippen LogP contribution < -0.4 is 0 Å². The number of hydrogen-bond acceptors (Lipinski definition) is 2. The molecule has 84 valence electrons. The van der Waals surface area contributed by atoms with Gasteiger partial charge in [-0.2, -0.15) is 0 Å². The Morgan fingerprint density at radius 3 is 2.50 bits per heavy atom. The van der Waals surface area contributed by atoms with Gasteiger partial charge in [-0.05, 0) is 42.6 Å². The highest BCUT2D eigenvalue weighted by Gasteiger charge is 2.05. The van der Waals surface area contributed by atoms with E-state index in [2.05, 4.69) is 10.2 Å². The number of aryl methyl sites for hydroxylation is 2. The van der Waals surface area contributed by atoms with Gasteiger partial charge in [0.25, 0.3) is 0 Å². The molecule has 5 heteroatoms. The standard InChI is InChI=1S/C11H11ClFN3/c1-8-14-15-11(12)16(8)7-6-9-2-4-10(13)5-3-9/h2-5H,6-7H2,1H3. The first kappa shape index (κ1) is 11.1. The van der Waals surface area contributed by atoms with Gasteiger partial charge in [0, 0.05) is 6.54 Å². The second kappa shape index (κ2) is 4.61. The van der Waals surface area contributed by atoms with Crippen molar-refractivity contribution in [3.05, 3.63) is 46.8 Å². The minimum atomic E-state index is -0.220. The van der Waals surface area contributed by atoms with Gasteiger partial charge in [-0.1, -0.05) is 12.1 Å². The van der Waals surface area contributed by atoms with Gasteiger partial charge in [-0.25, -0.2) is 4.39 Å². The second-order valence-corrected chi connectivity index (χ2v) is 3.88. The third-order valence-corrected chi connectivity index (χ3v) is 2.71. The smallest absolute Gasteiger partial charge is 0.225 e. The minimum Gasteiger partial charge on any atom is -0.302 e. The van der Waals surface area contributed by atoms with Crippen LogP contribution >= 0.6 is 11.6 Å². The molecule has 0 fully saturated rings. The molecule has 0 aliphatic heterocycles. The number of nitrogens with zero attached hydrogens (tertiary/aromatic N) is 3. The van der Waals surface area contributed by atoms with E-state index in [1.807, 2.05) is 11.5 Å². The number of rotatable bonds is 3. The molecule has 0 aliphatic rings. The Morgan fingerprint density at radius 1 is 1.25 bits per heavy atom. The molecular weight excluding hydrogens is 229 g/mol. The molecule has 3 nitrogen and oxygen atoms in total. The van der Waals surface area contributed by atoms with Crippen molar-refractivity contribution in [1.82, 2.24) is 14.8 Å². The average Bonchev–Trinajstić information content (AvgIpc) is 2.59. The number of benzene rings is 1. The van der Waals surface area contributed by atoms with Crippen LogP contribution in [0.1, 0.15) is 11.4 Å². The number of aromatic nitrogens is 3. The zero-order chi connectivity index (χ0) is 11.5. The fraction of sp³-hybridized carbons (Fsp3) is 0.273. The first-order valence-corrected chi connectivity index (χ1v) is 5.34. The molecule has 1 aromatic heterocycles. The van der Waals surface area contributed by atoms with Gasteiger partial charge in [0.15, 0.2) is 0 Å². The van der Waals surface area contributed by atoms with Crippen LogP contribution in [0, 0.1) is 12.7 Å². The van der Waals surface area contributed by atoms with E-state index in [0.29, 0.717) is 11.8 Å². The summed E-state index contributed by atoms with van der Waals surface area (Å²) >= 11 is 5.87. The van der Waals surface area contributed by atoms with Crippen molar-refractivity contribution in [2.45, 2.75) is 19.9 Å². The second-order valence-electron chi connectivity index (χ2n) is 3.54. The van der Waals surface area contributed by atoms with E-state index in [4.69, 9.17) is 11.6 Å². The zero-order valence-electron chi connectivity index (χ0n) is 8.82. The van der Waals surface area contributed by atoms with E-state index in [-0.39, 0.29) is 5.82 Å². The summed E-state index contributed by atoms with van der Waals surface area (Å²) < 4.78 is 14.5. The van der Waals surface area contributed by atoms with Crippen LogP contribution in [0.4, 0.5) is 4.39 Å². The Morgan fingerprint density at radius 2 is 1.94 bits per heavy atom. The molecule has 0 saturated carbocycles. The van der Waals surface area contributed by atoms with Crippen molar-refractivity contribution < 1.29 is 4.39 Å². The third kappa shape index (κ3) is 2.39. The van der Waals surface area contributed by atoms with E-state index >= 15 is 0 Å². The normalized spacial score (nSPS) is 10.7. The SMILES string of the molecule is Cc1nnc(Cl)n1CCc1ccc(F)cc1. The maximum atomic E-state index is 12.7. The third-order valence-electron chi connectivity index (χ3n) is 2.43. The van der Waals surface area contributed by atoms with Gasteiger partial charge >= 0.3 is 0 Å². The van der Waals surface area contributed by atoms with E-state index in [1.54, 1.807) is 12.1 Å². The van der Waals surface area contributed by atoms with E-state index in [9.17, 15) is 4.39 Å². The fourth-order valence-electron chi connectivity index (χ4n) is 1.50. The van der Waals surface area contributed by atoms with Crippen molar-refractivity contribution in [3.63, 3.8) is 0 Å². The lowest BCUT2D eigenvalue weighted by Crippen LogP contribution is -2.03. The van der Waals surface area contributed by atoms with Crippen molar-refractivity contribution in [1.29, 1.82) is 0 Å². The number of hydrogen-bond donors (Lipinski definition) is 0. The first-order valence-electron chi connectivity index (χ1n) is 4.96. The Kier molecular flexibility index (Phi) is 3.19. The Bertz CT molecular complexity index is 459. The molecule has 0 amide bonds. The molecule has 0 bridgehead atoms. The summed E-state index contributed by atoms with van der Waals surface area (Å²) in [5, 5.41) is 8.01. The Labute approximate surface area is 97.9 Å². The summed E-state index contributed by atoms with van der Waals surface area (Å²) in [5.41, 5.74) is 1.06. The fourth-order valence-corrected chi connectivity index (χ4v) is 1.75. The summed E-state index contributed by atoms with van der Waals surface area (Å²) in [6.07, 6.45) is 0.777.